The van der Waals surface area contributed by atoms with E-state index < -0.39 is 34.6 Å². The second-order valence-electron chi connectivity index (χ2n) is 3.37. The number of rotatable bonds is 3. The van der Waals surface area contributed by atoms with E-state index in [0.717, 1.165) is 0 Å². The molecule has 0 spiro atoms. The van der Waals surface area contributed by atoms with Crippen LogP contribution in [0.5, 0.6) is 0 Å². The van der Waals surface area contributed by atoms with E-state index in [2.05, 4.69) is 0 Å². The zero-order chi connectivity index (χ0) is 16.8. The first-order valence-electron chi connectivity index (χ1n) is 3.02. The summed E-state index contributed by atoms with van der Waals surface area (Å²) in [5.41, 5.74) is 0. The topological polar surface area (TPSA) is 0 Å². The largest absolute Gasteiger partial charge is 0.369 e. The summed E-state index contributed by atoms with van der Waals surface area (Å²) in [6, 6.07) is 0. The van der Waals surface area contributed by atoms with Crippen molar-refractivity contribution in [3.05, 3.63) is 0 Å². The Morgan fingerprint density at radius 2 is 0.421 bits per heavy atom. The smallest absolute Gasteiger partial charge is 0.0952 e. The maximum absolute atomic E-state index is 13.4. The summed E-state index contributed by atoms with van der Waals surface area (Å²) in [5.74, 6) is 0. The molecule has 18 heteroatoms. The molecule has 128 valence electrons. The van der Waals surface area contributed by atoms with Crippen molar-refractivity contribution < 1.29 is 58.3 Å². The first-order chi connectivity index (χ1) is 6.83. The van der Waals surface area contributed by atoms with Crippen LogP contribution >= 0.6 is 30.7 Å². The second-order valence-corrected chi connectivity index (χ2v) is 11.9. The molecule has 0 rings (SSSR count). The summed E-state index contributed by atoms with van der Waals surface area (Å²) in [4.78, 5) is 0. The third kappa shape index (κ3) is 5.12. The molecule has 0 aliphatic carbocycles. The maximum Gasteiger partial charge on any atom is 0.369 e. The average molecular weight is 394 g/mol. The van der Waals surface area contributed by atoms with Crippen LogP contribution < -0.4 is 0 Å². The van der Waals surface area contributed by atoms with Crippen LogP contribution in [0.15, 0.2) is 0 Å². The van der Waals surface area contributed by atoms with Crippen LogP contribution in [0.25, 0.3) is 0 Å². The van der Waals surface area contributed by atoms with Crippen molar-refractivity contribution in [1.29, 1.82) is 0 Å². The molecule has 0 heterocycles. The fraction of sp³-hybridized carbons (Fsp3) is 1.00. The molecule has 0 unspecified atom stereocenters. The number of hydrogen-bond donors (Lipinski definition) is 0. The standard InChI is InChI=1S/CHF15S3/c2-17(3,4,5,6)1(18(7,8,9,10)11)19(12,13,14,15)16/h1H. The van der Waals surface area contributed by atoms with Crippen LogP contribution in [0.1, 0.15) is 0 Å². The Balaban J connectivity index is 7.14. The lowest BCUT2D eigenvalue weighted by Crippen LogP contribution is -2.44. The van der Waals surface area contributed by atoms with Crippen LogP contribution in [-0.4, -0.2) is 3.91 Å². The van der Waals surface area contributed by atoms with Crippen LogP contribution in [0.2, 0.25) is 0 Å². The molecule has 0 atom stereocenters. The molecule has 0 N–H and O–H groups in total. The summed E-state index contributed by atoms with van der Waals surface area (Å²) < 4.78 is 163. The van der Waals surface area contributed by atoms with E-state index >= 15 is 0 Å². The minimum absolute atomic E-state index is 9.24. The van der Waals surface area contributed by atoms with Crippen molar-refractivity contribution in [2.75, 3.05) is 0 Å². The average Bonchev–Trinajstić information content (AvgIpc) is 1.21. The molecule has 0 radical (unpaired) electrons. The first-order valence-corrected chi connectivity index (χ1v) is 9.06. The Labute approximate surface area is 93.6 Å². The summed E-state index contributed by atoms with van der Waals surface area (Å²) in [6.07, 6.45) is 0. The molecule has 0 amide bonds. The Hall–Kier alpha value is -0.000000000000000167. The molecule has 0 saturated carbocycles. The van der Waals surface area contributed by atoms with E-state index in [9.17, 15) is 58.3 Å². The van der Waals surface area contributed by atoms with Crippen molar-refractivity contribution >= 4 is 30.7 Å². The third-order valence-corrected chi connectivity index (χ3v) is 9.82. The Morgan fingerprint density at radius 1 is 0.316 bits per heavy atom. The minimum Gasteiger partial charge on any atom is -0.0952 e. The quantitative estimate of drug-likeness (QED) is 0.424. The Bertz CT molecular complexity index is 343. The lowest BCUT2D eigenvalue weighted by atomic mass is 11.9. The first kappa shape index (κ1) is 19.0. The lowest BCUT2D eigenvalue weighted by molar-refractivity contribution is 0.296. The molecule has 0 fully saturated rings. The van der Waals surface area contributed by atoms with Gasteiger partial charge >= 0.3 is 34.6 Å². The molecule has 0 aliphatic heterocycles. The molecule has 0 aromatic heterocycles. The highest BCUT2D eigenvalue weighted by atomic mass is 32.6. The molecule has 0 saturated heterocycles. The molecule has 0 bridgehead atoms. The minimum atomic E-state index is -13.4. The highest BCUT2D eigenvalue weighted by Gasteiger charge is 3.05. The SMILES string of the molecule is FS(F)(F)(F)(F)C(S(F)(F)(F)(F)F)S(F)(F)(F)(F)F. The van der Waals surface area contributed by atoms with Gasteiger partial charge in [-0.2, -0.15) is 0 Å². The van der Waals surface area contributed by atoms with E-state index in [4.69, 9.17) is 0 Å². The van der Waals surface area contributed by atoms with E-state index in [-0.39, 0.29) is 0 Å². The van der Waals surface area contributed by atoms with Gasteiger partial charge in [-0.15, -0.1) is 0 Å². The monoisotopic (exact) mass is 394 g/mol. The van der Waals surface area contributed by atoms with E-state index in [1.54, 1.807) is 0 Å². The molecule has 0 aliphatic rings. The van der Waals surface area contributed by atoms with Gasteiger partial charge in [-0.05, 0) is 0 Å². The molecule has 0 aromatic carbocycles. The predicted octanol–water partition coefficient (Wildman–Crippen LogP) is 8.17. The van der Waals surface area contributed by atoms with E-state index in [1.807, 2.05) is 0 Å². The summed E-state index contributed by atoms with van der Waals surface area (Å²) in [7, 11) is -40.3. The van der Waals surface area contributed by atoms with Gasteiger partial charge in [0.05, 0.1) is 0 Å². The van der Waals surface area contributed by atoms with Crippen LogP contribution in [0, 0.1) is 0 Å². The molecule has 0 aromatic rings. The van der Waals surface area contributed by atoms with Gasteiger partial charge in [0.25, 0.3) is 0 Å². The number of halogens is 15. The van der Waals surface area contributed by atoms with Crippen molar-refractivity contribution in [1.82, 2.24) is 0 Å². The van der Waals surface area contributed by atoms with Gasteiger partial charge in [0.2, 0.25) is 0 Å². The van der Waals surface area contributed by atoms with Crippen molar-refractivity contribution in [3.8, 4) is 0 Å². The van der Waals surface area contributed by atoms with Crippen LogP contribution in [0.3, 0.4) is 0 Å². The van der Waals surface area contributed by atoms with Gasteiger partial charge in [0, 0.05) is 0 Å². The summed E-state index contributed by atoms with van der Waals surface area (Å²) in [5, 5.41) is 0. The van der Waals surface area contributed by atoms with Gasteiger partial charge in [0.15, 0.2) is 0 Å². The van der Waals surface area contributed by atoms with Crippen LogP contribution in [-0.2, 0) is 0 Å². The van der Waals surface area contributed by atoms with Gasteiger partial charge in [-0.25, -0.2) is 0 Å². The van der Waals surface area contributed by atoms with Gasteiger partial charge < -0.3 is 0 Å². The predicted molar refractivity (Wildman–Crippen MR) is 43.2 cm³/mol. The highest BCUT2D eigenvalue weighted by molar-refractivity contribution is 8.75. The summed E-state index contributed by atoms with van der Waals surface area (Å²) >= 11 is 0. The van der Waals surface area contributed by atoms with Gasteiger partial charge in [-0.1, -0.05) is 58.3 Å². The molecular formula is CHF15S3. The normalized spacial score (nSPS) is 27.9. The van der Waals surface area contributed by atoms with E-state index in [1.165, 1.54) is 0 Å². The lowest BCUT2D eigenvalue weighted by Gasteiger charge is -2.64. The van der Waals surface area contributed by atoms with Gasteiger partial charge in [-0.3, -0.25) is 0 Å². The highest BCUT2D eigenvalue weighted by Crippen LogP contribution is 3.28. The van der Waals surface area contributed by atoms with Crippen molar-refractivity contribution in [2.24, 2.45) is 0 Å². The summed E-state index contributed by atoms with van der Waals surface area (Å²) in [6.45, 7) is 0. The zero-order valence-electron chi connectivity index (χ0n) is 7.47. The Morgan fingerprint density at radius 3 is 0.421 bits per heavy atom. The molecular weight excluding hydrogens is 393 g/mol. The van der Waals surface area contributed by atoms with Gasteiger partial charge in [0.1, 0.15) is 0 Å². The number of hydrogen-bond acceptors (Lipinski definition) is 0. The van der Waals surface area contributed by atoms with Crippen molar-refractivity contribution in [3.63, 3.8) is 0 Å². The van der Waals surface area contributed by atoms with Crippen LogP contribution in [0.4, 0.5) is 58.3 Å². The van der Waals surface area contributed by atoms with Crippen molar-refractivity contribution in [2.45, 2.75) is 3.91 Å². The second kappa shape index (κ2) is 2.26. The molecule has 0 nitrogen and oxygen atoms in total. The molecule has 19 heavy (non-hydrogen) atoms. The third-order valence-electron chi connectivity index (χ3n) is 1.09. The zero-order valence-corrected chi connectivity index (χ0v) is 9.92. The fourth-order valence-electron chi connectivity index (χ4n) is 1.03. The fourth-order valence-corrected chi connectivity index (χ4v) is 9.28. The maximum atomic E-state index is 11.5. The Kier molecular flexibility index (Phi) is 2.26. The van der Waals surface area contributed by atoms with E-state index in [0.29, 0.717) is 0 Å².